The van der Waals surface area contributed by atoms with Gasteiger partial charge in [0.25, 0.3) is 0 Å². The summed E-state index contributed by atoms with van der Waals surface area (Å²) in [5.41, 5.74) is 1.22. The molecule has 0 spiro atoms. The lowest BCUT2D eigenvalue weighted by molar-refractivity contribution is 0.110. The van der Waals surface area contributed by atoms with Crippen LogP contribution in [0.25, 0.3) is 0 Å². The third kappa shape index (κ3) is 2.80. The first-order valence-electron chi connectivity index (χ1n) is 7.08. The molecule has 1 atom stereocenters. The predicted octanol–water partition coefficient (Wildman–Crippen LogP) is 2.51. The molecular weight excluding hydrogens is 226 g/mol. The van der Waals surface area contributed by atoms with Crippen LogP contribution in [0.15, 0.2) is 6.07 Å². The molecule has 0 radical (unpaired) electrons. The summed E-state index contributed by atoms with van der Waals surface area (Å²) in [7, 11) is 0. The van der Waals surface area contributed by atoms with Crippen molar-refractivity contribution in [3.05, 3.63) is 17.6 Å². The Morgan fingerprint density at radius 3 is 2.89 bits per heavy atom. The van der Waals surface area contributed by atoms with Gasteiger partial charge >= 0.3 is 0 Å². The summed E-state index contributed by atoms with van der Waals surface area (Å²) in [5, 5.41) is 3.30. The molecule has 0 bridgehead atoms. The van der Waals surface area contributed by atoms with Crippen LogP contribution >= 0.6 is 0 Å². The fourth-order valence-corrected chi connectivity index (χ4v) is 2.48. The van der Waals surface area contributed by atoms with Crippen LogP contribution in [0, 0.1) is 0 Å². The maximum absolute atomic E-state index is 5.67. The van der Waals surface area contributed by atoms with Crippen molar-refractivity contribution in [1.29, 1.82) is 0 Å². The SMILES string of the molecule is CCNc1cc(C2CC2)nc(CC2CCCO2)n1. The van der Waals surface area contributed by atoms with Gasteiger partial charge in [-0.1, -0.05) is 0 Å². The molecule has 3 rings (SSSR count). The molecule has 1 aromatic rings. The molecule has 4 heteroatoms. The quantitative estimate of drug-likeness (QED) is 0.868. The van der Waals surface area contributed by atoms with Crippen LogP contribution < -0.4 is 5.32 Å². The van der Waals surface area contributed by atoms with Crippen molar-refractivity contribution in [3.63, 3.8) is 0 Å². The minimum atomic E-state index is 0.328. The van der Waals surface area contributed by atoms with Gasteiger partial charge in [-0.25, -0.2) is 9.97 Å². The Morgan fingerprint density at radius 1 is 1.33 bits per heavy atom. The van der Waals surface area contributed by atoms with Crippen molar-refractivity contribution in [2.24, 2.45) is 0 Å². The lowest BCUT2D eigenvalue weighted by Crippen LogP contribution is -2.13. The minimum absolute atomic E-state index is 0.328. The van der Waals surface area contributed by atoms with E-state index in [4.69, 9.17) is 9.72 Å². The molecule has 4 nitrogen and oxygen atoms in total. The molecule has 1 aliphatic heterocycles. The second-order valence-corrected chi connectivity index (χ2v) is 5.24. The smallest absolute Gasteiger partial charge is 0.133 e. The van der Waals surface area contributed by atoms with Crippen LogP contribution in [-0.4, -0.2) is 29.2 Å². The molecule has 0 amide bonds. The van der Waals surface area contributed by atoms with Crippen LogP contribution in [0.4, 0.5) is 5.82 Å². The zero-order valence-electron chi connectivity index (χ0n) is 11.0. The number of rotatable bonds is 5. The third-order valence-electron chi connectivity index (χ3n) is 3.58. The van der Waals surface area contributed by atoms with E-state index in [1.54, 1.807) is 0 Å². The molecule has 1 aliphatic carbocycles. The lowest BCUT2D eigenvalue weighted by atomic mass is 10.1. The van der Waals surface area contributed by atoms with E-state index in [1.165, 1.54) is 25.0 Å². The highest BCUT2D eigenvalue weighted by molar-refractivity contribution is 5.38. The minimum Gasteiger partial charge on any atom is -0.378 e. The number of aromatic nitrogens is 2. The lowest BCUT2D eigenvalue weighted by Gasteiger charge is -2.11. The van der Waals surface area contributed by atoms with Gasteiger partial charge in [0.15, 0.2) is 0 Å². The molecule has 1 saturated heterocycles. The van der Waals surface area contributed by atoms with Crippen LogP contribution in [0.3, 0.4) is 0 Å². The second kappa shape index (κ2) is 5.22. The van der Waals surface area contributed by atoms with E-state index < -0.39 is 0 Å². The Morgan fingerprint density at radius 2 is 2.22 bits per heavy atom. The second-order valence-electron chi connectivity index (χ2n) is 5.24. The number of nitrogens with one attached hydrogen (secondary N) is 1. The van der Waals surface area contributed by atoms with Crippen LogP contribution in [0.2, 0.25) is 0 Å². The summed E-state index contributed by atoms with van der Waals surface area (Å²) in [5.74, 6) is 2.60. The van der Waals surface area contributed by atoms with E-state index in [9.17, 15) is 0 Å². The van der Waals surface area contributed by atoms with Gasteiger partial charge in [0.05, 0.1) is 6.10 Å². The van der Waals surface area contributed by atoms with E-state index in [0.29, 0.717) is 12.0 Å². The Bertz CT molecular complexity index is 412. The monoisotopic (exact) mass is 247 g/mol. The maximum atomic E-state index is 5.67. The summed E-state index contributed by atoms with van der Waals surface area (Å²) < 4.78 is 5.67. The Kier molecular flexibility index (Phi) is 3.46. The van der Waals surface area contributed by atoms with E-state index >= 15 is 0 Å². The zero-order chi connectivity index (χ0) is 12.4. The molecule has 2 heterocycles. The first-order chi connectivity index (χ1) is 8.85. The van der Waals surface area contributed by atoms with Gasteiger partial charge in [-0.2, -0.15) is 0 Å². The molecular formula is C14H21N3O. The normalized spacial score (nSPS) is 23.3. The van der Waals surface area contributed by atoms with E-state index in [1.807, 2.05) is 0 Å². The topological polar surface area (TPSA) is 47.0 Å². The van der Waals surface area contributed by atoms with Gasteiger partial charge in [0.1, 0.15) is 11.6 Å². The third-order valence-corrected chi connectivity index (χ3v) is 3.58. The zero-order valence-corrected chi connectivity index (χ0v) is 11.0. The van der Waals surface area contributed by atoms with Crippen molar-refractivity contribution in [3.8, 4) is 0 Å². The molecule has 1 N–H and O–H groups in total. The number of nitrogens with zero attached hydrogens (tertiary/aromatic N) is 2. The van der Waals surface area contributed by atoms with Crippen molar-refractivity contribution >= 4 is 5.82 Å². The van der Waals surface area contributed by atoms with Gasteiger partial charge in [-0.05, 0) is 32.6 Å². The van der Waals surface area contributed by atoms with Gasteiger partial charge in [-0.15, -0.1) is 0 Å². The molecule has 18 heavy (non-hydrogen) atoms. The summed E-state index contributed by atoms with van der Waals surface area (Å²) in [6, 6.07) is 2.11. The molecule has 2 aliphatic rings. The number of anilines is 1. The molecule has 1 aromatic heterocycles. The first kappa shape index (κ1) is 11.9. The summed E-state index contributed by atoms with van der Waals surface area (Å²) in [6.07, 6.45) is 6.07. The Hall–Kier alpha value is -1.16. The average molecular weight is 247 g/mol. The first-order valence-corrected chi connectivity index (χ1v) is 7.08. The summed E-state index contributed by atoms with van der Waals surface area (Å²) in [4.78, 5) is 9.30. The van der Waals surface area contributed by atoms with Crippen LogP contribution in [-0.2, 0) is 11.2 Å². The molecule has 0 aromatic carbocycles. The fraction of sp³-hybridized carbons (Fsp3) is 0.714. The number of ether oxygens (including phenoxy) is 1. The standard InChI is InChI=1S/C14H21N3O/c1-2-15-13-9-12(10-5-6-10)16-14(17-13)8-11-4-3-7-18-11/h9-11H,2-8H2,1H3,(H,15,16,17). The van der Waals surface area contributed by atoms with Crippen molar-refractivity contribution in [2.45, 2.75) is 51.0 Å². The van der Waals surface area contributed by atoms with E-state index in [-0.39, 0.29) is 0 Å². The fourth-order valence-electron chi connectivity index (χ4n) is 2.48. The largest absolute Gasteiger partial charge is 0.378 e. The average Bonchev–Trinajstić information content (AvgIpc) is 3.09. The van der Waals surface area contributed by atoms with Crippen LogP contribution in [0.1, 0.15) is 50.0 Å². The molecule has 98 valence electrons. The van der Waals surface area contributed by atoms with Crippen molar-refractivity contribution in [2.75, 3.05) is 18.5 Å². The summed E-state index contributed by atoms with van der Waals surface area (Å²) >= 11 is 0. The molecule has 2 fully saturated rings. The Balaban J connectivity index is 1.77. The van der Waals surface area contributed by atoms with E-state index in [2.05, 4.69) is 23.3 Å². The van der Waals surface area contributed by atoms with E-state index in [0.717, 1.165) is 37.6 Å². The van der Waals surface area contributed by atoms with Gasteiger partial charge in [0.2, 0.25) is 0 Å². The number of hydrogen-bond acceptors (Lipinski definition) is 4. The van der Waals surface area contributed by atoms with Gasteiger partial charge in [0, 0.05) is 37.3 Å². The highest BCUT2D eigenvalue weighted by Gasteiger charge is 2.27. The van der Waals surface area contributed by atoms with Crippen molar-refractivity contribution in [1.82, 2.24) is 9.97 Å². The van der Waals surface area contributed by atoms with Crippen LogP contribution in [0.5, 0.6) is 0 Å². The summed E-state index contributed by atoms with van der Waals surface area (Å²) in [6.45, 7) is 3.90. The van der Waals surface area contributed by atoms with Gasteiger partial charge in [-0.3, -0.25) is 0 Å². The maximum Gasteiger partial charge on any atom is 0.133 e. The Labute approximate surface area is 108 Å². The molecule has 1 saturated carbocycles. The highest BCUT2D eigenvalue weighted by atomic mass is 16.5. The van der Waals surface area contributed by atoms with Crippen molar-refractivity contribution < 1.29 is 4.74 Å². The van der Waals surface area contributed by atoms with Gasteiger partial charge < -0.3 is 10.1 Å². The molecule has 1 unspecified atom stereocenters. The highest BCUT2D eigenvalue weighted by Crippen LogP contribution is 2.39. The number of hydrogen-bond donors (Lipinski definition) is 1. The predicted molar refractivity (Wildman–Crippen MR) is 70.8 cm³/mol.